The summed E-state index contributed by atoms with van der Waals surface area (Å²) in [6.45, 7) is 0.225. The van der Waals surface area contributed by atoms with Crippen LogP contribution in [0.1, 0.15) is 42.5 Å². The molecule has 4 nitrogen and oxygen atoms in total. The number of carboxylic acids is 1. The Labute approximate surface area is 129 Å². The molecule has 1 atom stereocenters. The maximum absolute atomic E-state index is 13.8. The van der Waals surface area contributed by atoms with Gasteiger partial charge in [-0.05, 0) is 31.7 Å². The number of carbonyl (C=O) groups is 2. The molecule has 0 bridgehead atoms. The third-order valence-corrected chi connectivity index (χ3v) is 3.91. The Morgan fingerprint density at radius 3 is 2.48 bits per heavy atom. The van der Waals surface area contributed by atoms with Crippen LogP contribution in [0, 0.1) is 23.3 Å². The largest absolute Gasteiger partial charge is 0.481 e. The molecule has 1 amide bonds. The van der Waals surface area contributed by atoms with Crippen molar-refractivity contribution in [1.82, 2.24) is 4.90 Å². The maximum Gasteiger partial charge on any atom is 0.303 e. The van der Waals surface area contributed by atoms with Crippen LogP contribution in [0.4, 0.5) is 17.6 Å². The average molecular weight is 333 g/mol. The number of amides is 1. The van der Waals surface area contributed by atoms with E-state index in [-0.39, 0.29) is 19.4 Å². The lowest BCUT2D eigenvalue weighted by atomic mass is 9.96. The summed E-state index contributed by atoms with van der Waals surface area (Å²) in [5.41, 5.74) is -0.886. The van der Waals surface area contributed by atoms with Crippen molar-refractivity contribution in [3.8, 4) is 0 Å². The second kappa shape index (κ2) is 6.97. The fourth-order valence-corrected chi connectivity index (χ4v) is 2.74. The van der Waals surface area contributed by atoms with Gasteiger partial charge >= 0.3 is 5.97 Å². The smallest absolute Gasteiger partial charge is 0.303 e. The Morgan fingerprint density at radius 2 is 1.83 bits per heavy atom. The highest BCUT2D eigenvalue weighted by Gasteiger charge is 2.31. The van der Waals surface area contributed by atoms with Crippen LogP contribution in [0.2, 0.25) is 0 Å². The summed E-state index contributed by atoms with van der Waals surface area (Å²) < 4.78 is 53.3. The van der Waals surface area contributed by atoms with Gasteiger partial charge < -0.3 is 10.0 Å². The van der Waals surface area contributed by atoms with Crippen molar-refractivity contribution in [2.45, 2.75) is 38.1 Å². The van der Waals surface area contributed by atoms with E-state index in [1.807, 2.05) is 0 Å². The molecule has 0 aromatic heterocycles. The number of carbonyl (C=O) groups excluding carboxylic acids is 1. The highest BCUT2D eigenvalue weighted by atomic mass is 19.2. The van der Waals surface area contributed by atoms with Crippen molar-refractivity contribution < 1.29 is 32.3 Å². The molecule has 1 aromatic carbocycles. The zero-order valence-electron chi connectivity index (χ0n) is 12.1. The SMILES string of the molecule is O=C(O)CCC1CCCCN1C(=O)c1cc(F)c(F)c(F)c1F. The van der Waals surface area contributed by atoms with E-state index in [1.54, 1.807) is 0 Å². The number of benzene rings is 1. The minimum Gasteiger partial charge on any atom is -0.481 e. The Kier molecular flexibility index (Phi) is 5.23. The Balaban J connectivity index is 2.28. The number of rotatable bonds is 4. The van der Waals surface area contributed by atoms with Crippen molar-refractivity contribution >= 4 is 11.9 Å². The van der Waals surface area contributed by atoms with E-state index >= 15 is 0 Å². The molecule has 0 saturated carbocycles. The van der Waals surface area contributed by atoms with Gasteiger partial charge in [0.2, 0.25) is 0 Å². The van der Waals surface area contributed by atoms with E-state index in [2.05, 4.69) is 0 Å². The predicted molar refractivity (Wildman–Crippen MR) is 71.8 cm³/mol. The van der Waals surface area contributed by atoms with Crippen LogP contribution in [0.5, 0.6) is 0 Å². The summed E-state index contributed by atoms with van der Waals surface area (Å²) in [5.74, 6) is -9.39. The summed E-state index contributed by atoms with van der Waals surface area (Å²) >= 11 is 0. The van der Waals surface area contributed by atoms with Gasteiger partial charge in [-0.3, -0.25) is 9.59 Å². The maximum atomic E-state index is 13.8. The predicted octanol–water partition coefficient (Wildman–Crippen LogP) is 3.10. The molecule has 23 heavy (non-hydrogen) atoms. The van der Waals surface area contributed by atoms with Crippen LogP contribution in [-0.2, 0) is 4.79 Å². The molecular weight excluding hydrogens is 318 g/mol. The average Bonchev–Trinajstić information content (AvgIpc) is 2.54. The number of halogens is 4. The van der Waals surface area contributed by atoms with Gasteiger partial charge in [-0.25, -0.2) is 17.6 Å². The normalized spacial score (nSPS) is 18.1. The first-order chi connectivity index (χ1) is 10.8. The van der Waals surface area contributed by atoms with Crippen molar-refractivity contribution in [1.29, 1.82) is 0 Å². The van der Waals surface area contributed by atoms with Gasteiger partial charge in [-0.15, -0.1) is 0 Å². The van der Waals surface area contributed by atoms with Crippen LogP contribution in [0.15, 0.2) is 6.07 Å². The van der Waals surface area contributed by atoms with Crippen LogP contribution >= 0.6 is 0 Å². The van der Waals surface area contributed by atoms with E-state index in [4.69, 9.17) is 5.11 Å². The van der Waals surface area contributed by atoms with E-state index in [0.29, 0.717) is 18.9 Å². The minimum absolute atomic E-state index is 0.162. The molecular formula is C15H15F4NO3. The number of carboxylic acid groups (broad SMARTS) is 1. The lowest BCUT2D eigenvalue weighted by Crippen LogP contribution is -2.44. The minimum atomic E-state index is -2.03. The fraction of sp³-hybridized carbons (Fsp3) is 0.467. The second-order valence-corrected chi connectivity index (χ2v) is 5.43. The molecule has 126 valence electrons. The van der Waals surface area contributed by atoms with Crippen LogP contribution in [0.25, 0.3) is 0 Å². The van der Waals surface area contributed by atoms with Gasteiger partial charge in [-0.2, -0.15) is 0 Å². The Morgan fingerprint density at radius 1 is 1.13 bits per heavy atom. The summed E-state index contributed by atoms with van der Waals surface area (Å²) in [6.07, 6.45) is 1.89. The zero-order valence-corrected chi connectivity index (χ0v) is 12.1. The third-order valence-electron chi connectivity index (χ3n) is 3.91. The van der Waals surface area contributed by atoms with Gasteiger partial charge in [0.1, 0.15) is 0 Å². The van der Waals surface area contributed by atoms with Crippen molar-refractivity contribution in [2.24, 2.45) is 0 Å². The molecule has 1 unspecified atom stereocenters. The highest BCUT2D eigenvalue weighted by molar-refractivity contribution is 5.94. The second-order valence-electron chi connectivity index (χ2n) is 5.43. The molecule has 1 heterocycles. The van der Waals surface area contributed by atoms with Gasteiger partial charge in [0.15, 0.2) is 23.3 Å². The summed E-state index contributed by atoms with van der Waals surface area (Å²) in [7, 11) is 0. The van der Waals surface area contributed by atoms with Crippen LogP contribution in [0.3, 0.4) is 0 Å². The summed E-state index contributed by atoms with van der Waals surface area (Å²) in [5, 5.41) is 8.73. The first kappa shape index (κ1) is 17.2. The summed E-state index contributed by atoms with van der Waals surface area (Å²) in [4.78, 5) is 24.2. The molecule has 8 heteroatoms. The van der Waals surface area contributed by atoms with Crippen LogP contribution in [-0.4, -0.2) is 34.5 Å². The first-order valence-electron chi connectivity index (χ1n) is 7.18. The van der Waals surface area contributed by atoms with Gasteiger partial charge in [0.05, 0.1) is 5.56 Å². The Bertz CT molecular complexity index is 636. The topological polar surface area (TPSA) is 57.6 Å². The number of likely N-dealkylation sites (tertiary alicyclic amines) is 1. The molecule has 1 aromatic rings. The lowest BCUT2D eigenvalue weighted by Gasteiger charge is -2.35. The number of hydrogen-bond donors (Lipinski definition) is 1. The van der Waals surface area contributed by atoms with E-state index in [0.717, 1.165) is 6.42 Å². The molecule has 2 rings (SSSR count). The molecule has 1 aliphatic rings. The molecule has 0 radical (unpaired) electrons. The monoisotopic (exact) mass is 333 g/mol. The van der Waals surface area contributed by atoms with E-state index in [1.165, 1.54) is 4.90 Å². The van der Waals surface area contributed by atoms with E-state index < -0.39 is 46.8 Å². The fourth-order valence-electron chi connectivity index (χ4n) is 2.74. The van der Waals surface area contributed by atoms with Gasteiger partial charge in [0, 0.05) is 19.0 Å². The van der Waals surface area contributed by atoms with Gasteiger partial charge in [-0.1, -0.05) is 0 Å². The van der Waals surface area contributed by atoms with Gasteiger partial charge in [0.25, 0.3) is 5.91 Å². The van der Waals surface area contributed by atoms with Crippen molar-refractivity contribution in [3.63, 3.8) is 0 Å². The number of nitrogens with zero attached hydrogens (tertiary/aromatic N) is 1. The Hall–Kier alpha value is -2.12. The molecule has 0 aliphatic carbocycles. The lowest BCUT2D eigenvalue weighted by molar-refractivity contribution is -0.137. The van der Waals surface area contributed by atoms with Crippen molar-refractivity contribution in [3.05, 3.63) is 34.9 Å². The van der Waals surface area contributed by atoms with Crippen LogP contribution < -0.4 is 0 Å². The molecule has 1 fully saturated rings. The molecule has 1 saturated heterocycles. The summed E-state index contributed by atoms with van der Waals surface area (Å²) in [6, 6.07) is -0.123. The standard InChI is InChI=1S/C15H15F4NO3/c16-10-7-9(12(17)14(19)13(10)18)15(23)20-6-2-1-3-8(20)4-5-11(21)22/h7-8H,1-6H2,(H,21,22). The molecule has 1 aliphatic heterocycles. The quantitative estimate of drug-likeness (QED) is 0.523. The zero-order chi connectivity index (χ0) is 17.1. The molecule has 0 spiro atoms. The highest BCUT2D eigenvalue weighted by Crippen LogP contribution is 2.26. The van der Waals surface area contributed by atoms with Crippen molar-refractivity contribution in [2.75, 3.05) is 6.54 Å². The first-order valence-corrected chi connectivity index (χ1v) is 7.18. The third kappa shape index (κ3) is 3.62. The number of piperidine rings is 1. The van der Waals surface area contributed by atoms with E-state index in [9.17, 15) is 27.2 Å². The number of aliphatic carboxylic acids is 1. The number of hydrogen-bond acceptors (Lipinski definition) is 2. The molecule has 1 N–H and O–H groups in total.